The van der Waals surface area contributed by atoms with Crippen molar-refractivity contribution < 1.29 is 9.47 Å². The molecule has 1 aromatic heterocycles. The van der Waals surface area contributed by atoms with Crippen LogP contribution in [0.3, 0.4) is 0 Å². The topological polar surface area (TPSA) is 34.6 Å². The molecule has 2 heterocycles. The van der Waals surface area contributed by atoms with Gasteiger partial charge >= 0.3 is 0 Å². The third-order valence-corrected chi connectivity index (χ3v) is 3.95. The number of anilines is 1. The molecule has 110 valence electrons. The minimum absolute atomic E-state index is 0.519. The van der Waals surface area contributed by atoms with Gasteiger partial charge in [-0.25, -0.2) is 4.98 Å². The van der Waals surface area contributed by atoms with Gasteiger partial charge in [0.1, 0.15) is 11.0 Å². The van der Waals surface area contributed by atoms with Crippen LogP contribution in [0.2, 0.25) is 5.15 Å². The van der Waals surface area contributed by atoms with Crippen molar-refractivity contribution in [3.63, 3.8) is 0 Å². The lowest BCUT2D eigenvalue weighted by Crippen LogP contribution is -2.31. The summed E-state index contributed by atoms with van der Waals surface area (Å²) < 4.78 is 10.7. The van der Waals surface area contributed by atoms with Crippen LogP contribution in [-0.2, 0) is 13.0 Å². The third-order valence-electron chi connectivity index (χ3n) is 3.74. The van der Waals surface area contributed by atoms with Crippen LogP contribution in [-0.4, -0.2) is 25.7 Å². The third kappa shape index (κ3) is 2.76. The van der Waals surface area contributed by atoms with Gasteiger partial charge in [-0.2, -0.15) is 0 Å². The molecule has 1 aliphatic rings. The largest absolute Gasteiger partial charge is 0.493 e. The van der Waals surface area contributed by atoms with Gasteiger partial charge in [-0.3, -0.25) is 0 Å². The summed E-state index contributed by atoms with van der Waals surface area (Å²) in [5.41, 5.74) is 2.53. The Labute approximate surface area is 129 Å². The number of aromatic nitrogens is 1. The number of halogens is 1. The van der Waals surface area contributed by atoms with E-state index < -0.39 is 0 Å². The standard InChI is InChI=1S/C16H17ClN2O2/c1-20-13-8-11-6-7-19(10-12(11)9-14(13)21-2)16-5-3-4-15(17)18-16/h3-5,8-9H,6-7,10H2,1-2H3. The number of fused-ring (bicyclic) bond motifs is 1. The highest BCUT2D eigenvalue weighted by molar-refractivity contribution is 6.29. The Bertz CT molecular complexity index is 661. The van der Waals surface area contributed by atoms with Gasteiger partial charge in [0, 0.05) is 13.1 Å². The summed E-state index contributed by atoms with van der Waals surface area (Å²) in [5, 5.41) is 0.519. The second-order valence-electron chi connectivity index (χ2n) is 4.97. The first-order chi connectivity index (χ1) is 10.2. The zero-order chi connectivity index (χ0) is 14.8. The minimum Gasteiger partial charge on any atom is -0.493 e. The number of hydrogen-bond donors (Lipinski definition) is 0. The first-order valence-corrected chi connectivity index (χ1v) is 7.20. The van der Waals surface area contributed by atoms with E-state index in [1.54, 1.807) is 20.3 Å². The normalized spacial score (nSPS) is 13.8. The molecule has 21 heavy (non-hydrogen) atoms. The van der Waals surface area contributed by atoms with E-state index in [0.29, 0.717) is 5.15 Å². The van der Waals surface area contributed by atoms with E-state index in [4.69, 9.17) is 21.1 Å². The van der Waals surface area contributed by atoms with Crippen molar-refractivity contribution in [3.05, 3.63) is 46.6 Å². The number of pyridine rings is 1. The molecule has 0 atom stereocenters. The summed E-state index contributed by atoms with van der Waals surface area (Å²) in [4.78, 5) is 6.60. The van der Waals surface area contributed by atoms with E-state index in [1.165, 1.54) is 11.1 Å². The summed E-state index contributed by atoms with van der Waals surface area (Å²) in [6.45, 7) is 1.71. The molecule has 1 aromatic carbocycles. The SMILES string of the molecule is COc1cc2c(cc1OC)CN(c1cccc(Cl)n1)CC2. The molecular weight excluding hydrogens is 288 g/mol. The van der Waals surface area contributed by atoms with E-state index in [2.05, 4.69) is 16.0 Å². The lowest BCUT2D eigenvalue weighted by Gasteiger charge is -2.30. The fourth-order valence-corrected chi connectivity index (χ4v) is 2.81. The smallest absolute Gasteiger partial charge is 0.161 e. The predicted octanol–water partition coefficient (Wildman–Crippen LogP) is 3.31. The van der Waals surface area contributed by atoms with Crippen LogP contribution in [0.5, 0.6) is 11.5 Å². The quantitative estimate of drug-likeness (QED) is 0.815. The number of benzene rings is 1. The van der Waals surface area contributed by atoms with E-state index in [0.717, 1.165) is 36.8 Å². The molecule has 0 radical (unpaired) electrons. The summed E-state index contributed by atoms with van der Waals surface area (Å²) in [7, 11) is 3.32. The van der Waals surface area contributed by atoms with Crippen LogP contribution >= 0.6 is 11.6 Å². The maximum absolute atomic E-state index is 5.98. The van der Waals surface area contributed by atoms with E-state index in [-0.39, 0.29) is 0 Å². The molecule has 2 aromatic rings. The second-order valence-corrected chi connectivity index (χ2v) is 5.35. The summed E-state index contributed by atoms with van der Waals surface area (Å²) in [5.74, 6) is 2.45. The molecule has 0 saturated carbocycles. The Hall–Kier alpha value is -1.94. The van der Waals surface area contributed by atoms with Gasteiger partial charge in [-0.1, -0.05) is 17.7 Å². The number of ether oxygens (including phenoxy) is 2. The molecule has 0 amide bonds. The van der Waals surface area contributed by atoms with Crippen molar-refractivity contribution in [3.8, 4) is 11.5 Å². The Balaban J connectivity index is 1.91. The van der Waals surface area contributed by atoms with Crippen LogP contribution in [0.25, 0.3) is 0 Å². The van der Waals surface area contributed by atoms with Crippen LogP contribution in [0.1, 0.15) is 11.1 Å². The van der Waals surface area contributed by atoms with Crippen molar-refractivity contribution in [1.29, 1.82) is 0 Å². The average Bonchev–Trinajstić information content (AvgIpc) is 2.53. The Morgan fingerprint density at radius 2 is 1.81 bits per heavy atom. The van der Waals surface area contributed by atoms with E-state index >= 15 is 0 Å². The van der Waals surface area contributed by atoms with Crippen molar-refractivity contribution in [2.24, 2.45) is 0 Å². The van der Waals surface area contributed by atoms with Crippen LogP contribution in [0.15, 0.2) is 30.3 Å². The minimum atomic E-state index is 0.519. The van der Waals surface area contributed by atoms with Crippen LogP contribution in [0.4, 0.5) is 5.82 Å². The second kappa shape index (κ2) is 5.82. The molecular formula is C16H17ClN2O2. The predicted molar refractivity (Wildman–Crippen MR) is 83.5 cm³/mol. The van der Waals surface area contributed by atoms with Gasteiger partial charge in [-0.15, -0.1) is 0 Å². The van der Waals surface area contributed by atoms with E-state index in [9.17, 15) is 0 Å². The van der Waals surface area contributed by atoms with E-state index in [1.807, 2.05) is 18.2 Å². The number of rotatable bonds is 3. The maximum Gasteiger partial charge on any atom is 0.161 e. The fraction of sp³-hybridized carbons (Fsp3) is 0.312. The number of methoxy groups -OCH3 is 2. The number of nitrogens with zero attached hydrogens (tertiary/aromatic N) is 2. The molecule has 0 unspecified atom stereocenters. The lowest BCUT2D eigenvalue weighted by molar-refractivity contribution is 0.353. The average molecular weight is 305 g/mol. The van der Waals surface area contributed by atoms with Gasteiger partial charge in [0.05, 0.1) is 14.2 Å². The van der Waals surface area contributed by atoms with Gasteiger partial charge in [0.2, 0.25) is 0 Å². The summed E-state index contributed by atoms with van der Waals surface area (Å²) in [6.07, 6.45) is 0.948. The highest BCUT2D eigenvalue weighted by Gasteiger charge is 2.20. The van der Waals surface area contributed by atoms with Gasteiger partial charge < -0.3 is 14.4 Å². The molecule has 0 aliphatic carbocycles. The van der Waals surface area contributed by atoms with Gasteiger partial charge in [0.25, 0.3) is 0 Å². The zero-order valence-electron chi connectivity index (χ0n) is 12.1. The molecule has 1 aliphatic heterocycles. The fourth-order valence-electron chi connectivity index (χ4n) is 2.65. The Kier molecular flexibility index (Phi) is 3.88. The Morgan fingerprint density at radius 1 is 1.10 bits per heavy atom. The maximum atomic E-state index is 5.98. The number of hydrogen-bond acceptors (Lipinski definition) is 4. The summed E-state index contributed by atoms with van der Waals surface area (Å²) in [6, 6.07) is 9.81. The molecule has 5 heteroatoms. The van der Waals surface area contributed by atoms with Crippen molar-refractivity contribution in [1.82, 2.24) is 4.98 Å². The highest BCUT2D eigenvalue weighted by Crippen LogP contribution is 2.34. The van der Waals surface area contributed by atoms with Crippen LogP contribution < -0.4 is 14.4 Å². The molecule has 3 rings (SSSR count). The summed E-state index contributed by atoms with van der Waals surface area (Å²) >= 11 is 5.98. The first-order valence-electron chi connectivity index (χ1n) is 6.82. The van der Waals surface area contributed by atoms with Gasteiger partial charge in [-0.05, 0) is 41.8 Å². The van der Waals surface area contributed by atoms with Crippen molar-refractivity contribution in [2.45, 2.75) is 13.0 Å². The Morgan fingerprint density at radius 3 is 2.48 bits per heavy atom. The molecule has 0 saturated heterocycles. The van der Waals surface area contributed by atoms with Crippen molar-refractivity contribution in [2.75, 3.05) is 25.7 Å². The molecule has 0 N–H and O–H groups in total. The van der Waals surface area contributed by atoms with Crippen molar-refractivity contribution >= 4 is 17.4 Å². The lowest BCUT2D eigenvalue weighted by atomic mass is 9.99. The molecule has 0 fully saturated rings. The highest BCUT2D eigenvalue weighted by atomic mass is 35.5. The first kappa shape index (κ1) is 14.0. The van der Waals surface area contributed by atoms with Crippen LogP contribution in [0, 0.1) is 0 Å². The molecule has 4 nitrogen and oxygen atoms in total. The zero-order valence-corrected chi connectivity index (χ0v) is 12.9. The monoisotopic (exact) mass is 304 g/mol. The molecule has 0 spiro atoms. The van der Waals surface area contributed by atoms with Gasteiger partial charge in [0.15, 0.2) is 11.5 Å². The molecule has 0 bridgehead atoms.